The van der Waals surface area contributed by atoms with Gasteiger partial charge in [-0.05, 0) is 54.7 Å². The first kappa shape index (κ1) is 35.3. The molecule has 3 atom stereocenters. The Balaban J connectivity index is 1.34. The topological polar surface area (TPSA) is 263 Å². The lowest BCUT2D eigenvalue weighted by atomic mass is 9.92. The van der Waals surface area contributed by atoms with E-state index < -0.39 is 57.6 Å². The van der Waals surface area contributed by atoms with Crippen molar-refractivity contribution in [2.75, 3.05) is 11.5 Å². The molecule has 0 aliphatic carbocycles. The van der Waals surface area contributed by atoms with Crippen LogP contribution in [-0.2, 0) is 19.4 Å². The fraction of sp³-hybridized carbons (Fsp3) is 0.312. The third-order valence-electron chi connectivity index (χ3n) is 8.12. The summed E-state index contributed by atoms with van der Waals surface area (Å²) in [6, 6.07) is 10.1. The molecule has 0 saturated carbocycles. The zero-order valence-electron chi connectivity index (χ0n) is 25.8. The van der Waals surface area contributed by atoms with E-state index in [1.54, 1.807) is 18.3 Å². The van der Waals surface area contributed by atoms with Gasteiger partial charge in [0.05, 0.1) is 27.5 Å². The minimum Gasteiger partial charge on any atom is -0.481 e. The van der Waals surface area contributed by atoms with E-state index in [4.69, 9.17) is 5.73 Å². The normalized spacial score (nSPS) is 13.4. The van der Waals surface area contributed by atoms with E-state index in [2.05, 4.69) is 20.3 Å². The number of nitrogens with two attached hydrogens (primary N) is 1. The second-order valence-corrected chi connectivity index (χ2v) is 13.4. The number of rotatable bonds is 16. The maximum absolute atomic E-state index is 13.0. The maximum Gasteiger partial charge on any atom is 0.337 e. The summed E-state index contributed by atoms with van der Waals surface area (Å²) in [5.74, 6) is -6.55. The number of aromatic carboxylic acids is 1. The molecular weight excluding hydrogens is 646 g/mol. The fourth-order valence-corrected chi connectivity index (χ4v) is 7.08. The van der Waals surface area contributed by atoms with Crippen LogP contribution in [0, 0.1) is 5.92 Å². The number of nitrogens with zero attached hydrogens (tertiary/aromatic N) is 1. The molecule has 1 amide bonds. The van der Waals surface area contributed by atoms with Gasteiger partial charge in [0.15, 0.2) is 9.84 Å². The third kappa shape index (κ3) is 8.25. The summed E-state index contributed by atoms with van der Waals surface area (Å²) in [6.07, 6.45) is 1.98. The molecule has 2 aromatic heterocycles. The number of aromatic nitrogens is 3. The number of hydrogen-bond acceptors (Lipinski definition) is 9. The zero-order chi connectivity index (χ0) is 35.2. The Morgan fingerprint density at radius 3 is 2.29 bits per heavy atom. The second kappa shape index (κ2) is 14.9. The molecule has 0 radical (unpaired) electrons. The predicted octanol–water partition coefficient (Wildman–Crippen LogP) is 2.99. The highest BCUT2D eigenvalue weighted by atomic mass is 32.2. The molecule has 0 aliphatic heterocycles. The van der Waals surface area contributed by atoms with Crippen LogP contribution in [0.1, 0.15) is 76.8 Å². The molecule has 0 aliphatic rings. The predicted molar refractivity (Wildman–Crippen MR) is 174 cm³/mol. The minimum absolute atomic E-state index is 0.0237. The van der Waals surface area contributed by atoms with E-state index in [1.165, 1.54) is 36.4 Å². The number of amides is 1. The number of unbranched alkanes of at least 4 members (excludes halogenated alkanes) is 2. The summed E-state index contributed by atoms with van der Waals surface area (Å²) < 4.78 is 25.4. The van der Waals surface area contributed by atoms with Crippen LogP contribution in [-0.4, -0.2) is 74.3 Å². The first-order valence-corrected chi connectivity index (χ1v) is 16.6. The minimum atomic E-state index is -3.90. The highest BCUT2D eigenvalue weighted by molar-refractivity contribution is 7.91. The van der Waals surface area contributed by atoms with E-state index in [0.717, 1.165) is 5.56 Å². The van der Waals surface area contributed by atoms with E-state index in [9.17, 15) is 47.7 Å². The van der Waals surface area contributed by atoms with Gasteiger partial charge in [0.1, 0.15) is 11.7 Å². The number of fused-ring (bicyclic) bond motifs is 1. The van der Waals surface area contributed by atoms with Crippen LogP contribution < -0.4 is 16.6 Å². The van der Waals surface area contributed by atoms with Crippen molar-refractivity contribution in [1.82, 2.24) is 20.3 Å². The number of anilines is 1. The van der Waals surface area contributed by atoms with Crippen molar-refractivity contribution < 1.29 is 42.9 Å². The van der Waals surface area contributed by atoms with Crippen LogP contribution in [0.15, 0.2) is 64.4 Å². The molecule has 15 nitrogen and oxygen atoms in total. The van der Waals surface area contributed by atoms with Gasteiger partial charge in [0.25, 0.3) is 11.5 Å². The van der Waals surface area contributed by atoms with Crippen LogP contribution in [0.4, 0.5) is 5.95 Å². The van der Waals surface area contributed by atoms with E-state index in [1.807, 2.05) is 6.92 Å². The Morgan fingerprint density at radius 2 is 1.65 bits per heavy atom. The summed E-state index contributed by atoms with van der Waals surface area (Å²) >= 11 is 0. The number of H-pyrrole nitrogens is 2. The monoisotopic (exact) mass is 681 g/mol. The van der Waals surface area contributed by atoms with Gasteiger partial charge >= 0.3 is 17.9 Å². The van der Waals surface area contributed by atoms with Gasteiger partial charge in [0, 0.05) is 17.7 Å². The average molecular weight is 682 g/mol. The molecule has 2 unspecified atom stereocenters. The van der Waals surface area contributed by atoms with Crippen molar-refractivity contribution in [2.24, 2.45) is 5.92 Å². The number of benzene rings is 2. The quantitative estimate of drug-likeness (QED) is 0.0842. The molecule has 48 heavy (non-hydrogen) atoms. The number of carboxylic acid groups (broad SMARTS) is 3. The molecule has 0 bridgehead atoms. The summed E-state index contributed by atoms with van der Waals surface area (Å²) in [6.45, 7) is 1.86. The molecular formula is C32H35N5O10S. The molecule has 8 N–H and O–H groups in total. The zero-order valence-corrected chi connectivity index (χ0v) is 26.6. The number of sulfone groups is 1. The van der Waals surface area contributed by atoms with Crippen molar-refractivity contribution in [3.8, 4) is 0 Å². The van der Waals surface area contributed by atoms with Crippen LogP contribution in [0.2, 0.25) is 0 Å². The molecule has 16 heteroatoms. The van der Waals surface area contributed by atoms with Gasteiger partial charge in [-0.15, -0.1) is 0 Å². The maximum atomic E-state index is 13.0. The number of carboxylic acids is 3. The number of aliphatic carboxylic acids is 2. The van der Waals surface area contributed by atoms with Gasteiger partial charge in [-0.2, -0.15) is 4.98 Å². The molecule has 0 fully saturated rings. The average Bonchev–Trinajstić information content (AvgIpc) is 3.47. The standard InChI is InChI=1S/C32H35N5O10S/c1-17(22-16-34-26-25(22)28(39)37-32(33)36-26)18-10-12-19(13-11-18)27(38)35-23(31(44)45)15-20(29(40)41)7-3-2-6-14-48(46,47)24-9-5-4-8-21(24)30(42)43/h4-5,8-13,16-17,20,23H,2-3,6-7,14-15H2,1H3,(H,35,38)(H,40,41)(H,42,43)(H,44,45)(H4,33,34,36,37,39)/t17?,20?,23-/m0/s1. The lowest BCUT2D eigenvalue weighted by molar-refractivity contribution is -0.144. The van der Waals surface area contributed by atoms with Crippen LogP contribution in [0.25, 0.3) is 11.0 Å². The molecule has 4 aromatic rings. The van der Waals surface area contributed by atoms with Gasteiger partial charge in [-0.25, -0.2) is 18.0 Å². The Morgan fingerprint density at radius 1 is 0.958 bits per heavy atom. The molecule has 0 saturated heterocycles. The van der Waals surface area contributed by atoms with Crippen molar-refractivity contribution >= 4 is 50.6 Å². The Labute approximate surface area is 274 Å². The van der Waals surface area contributed by atoms with Crippen molar-refractivity contribution in [1.29, 1.82) is 0 Å². The number of nitrogens with one attached hydrogen (secondary N) is 3. The summed E-state index contributed by atoms with van der Waals surface area (Å²) in [7, 11) is -3.90. The Hall–Kier alpha value is -5.51. The number of nitrogen functional groups attached to an aromatic ring is 1. The molecule has 254 valence electrons. The van der Waals surface area contributed by atoms with Crippen LogP contribution >= 0.6 is 0 Å². The molecule has 2 heterocycles. The van der Waals surface area contributed by atoms with E-state index in [-0.39, 0.29) is 52.9 Å². The smallest absolute Gasteiger partial charge is 0.337 e. The van der Waals surface area contributed by atoms with Crippen molar-refractivity contribution in [2.45, 2.75) is 55.9 Å². The fourth-order valence-electron chi connectivity index (χ4n) is 5.50. The Kier molecular flexibility index (Phi) is 11.0. The first-order valence-electron chi connectivity index (χ1n) is 15.0. The molecule has 4 rings (SSSR count). The Bertz CT molecular complexity index is 2000. The van der Waals surface area contributed by atoms with Crippen LogP contribution in [0.5, 0.6) is 0 Å². The number of carbonyl (C=O) groups excluding carboxylic acids is 1. The van der Waals surface area contributed by atoms with Crippen LogP contribution in [0.3, 0.4) is 0 Å². The van der Waals surface area contributed by atoms with E-state index >= 15 is 0 Å². The number of hydrogen-bond donors (Lipinski definition) is 7. The number of carbonyl (C=O) groups is 4. The van der Waals surface area contributed by atoms with Gasteiger partial charge < -0.3 is 31.4 Å². The SMILES string of the molecule is CC(c1ccc(C(=O)N[C@@H](CC(CCCCCS(=O)(=O)c2ccccc2C(=O)O)C(=O)O)C(=O)O)cc1)c1c[nH]c2nc(N)[nH]c(=O)c12. The summed E-state index contributed by atoms with van der Waals surface area (Å²) in [5.41, 5.74) is 6.77. The summed E-state index contributed by atoms with van der Waals surface area (Å²) in [4.78, 5) is 70.0. The van der Waals surface area contributed by atoms with Gasteiger partial charge in [-0.3, -0.25) is 19.4 Å². The second-order valence-electron chi connectivity index (χ2n) is 11.4. The van der Waals surface area contributed by atoms with Crippen molar-refractivity contribution in [3.05, 3.63) is 87.3 Å². The first-order chi connectivity index (χ1) is 22.7. The van der Waals surface area contributed by atoms with Crippen molar-refractivity contribution in [3.63, 3.8) is 0 Å². The lowest BCUT2D eigenvalue weighted by Gasteiger charge is -2.19. The molecule has 0 spiro atoms. The highest BCUT2D eigenvalue weighted by Crippen LogP contribution is 2.29. The molecule has 2 aromatic carbocycles. The lowest BCUT2D eigenvalue weighted by Crippen LogP contribution is -2.43. The van der Waals surface area contributed by atoms with E-state index in [0.29, 0.717) is 23.0 Å². The van der Waals surface area contributed by atoms with Gasteiger partial charge in [-0.1, -0.05) is 44.0 Å². The largest absolute Gasteiger partial charge is 0.481 e. The van der Waals surface area contributed by atoms with Gasteiger partial charge in [0.2, 0.25) is 5.95 Å². The number of aromatic amines is 2. The third-order valence-corrected chi connectivity index (χ3v) is 9.97. The summed E-state index contributed by atoms with van der Waals surface area (Å²) in [5, 5.41) is 31.5. The highest BCUT2D eigenvalue weighted by Gasteiger charge is 2.29.